The SMILES string of the molecule is Cc1nc(NCc2cccc(C(F)(F)F)c2C)c2cc(Br)c(NC(C)C)cc2n1. The first-order valence-electron chi connectivity index (χ1n) is 9.20. The zero-order valence-corrected chi connectivity index (χ0v) is 18.2. The highest BCUT2D eigenvalue weighted by atomic mass is 79.9. The van der Waals surface area contributed by atoms with Crippen LogP contribution in [0, 0.1) is 13.8 Å². The second-order valence-electron chi connectivity index (χ2n) is 7.21. The second-order valence-corrected chi connectivity index (χ2v) is 8.06. The van der Waals surface area contributed by atoms with Crippen LogP contribution in [0.4, 0.5) is 24.7 Å². The van der Waals surface area contributed by atoms with E-state index in [0.717, 1.165) is 27.1 Å². The molecule has 0 aliphatic rings. The molecule has 0 atom stereocenters. The Bertz CT molecular complexity index is 1050. The number of nitrogens with one attached hydrogen (secondary N) is 2. The molecule has 0 bridgehead atoms. The summed E-state index contributed by atoms with van der Waals surface area (Å²) in [5, 5.41) is 7.34. The first-order valence-corrected chi connectivity index (χ1v) is 9.99. The van der Waals surface area contributed by atoms with Crippen molar-refractivity contribution in [3.05, 3.63) is 57.3 Å². The van der Waals surface area contributed by atoms with Crippen LogP contribution in [0.2, 0.25) is 0 Å². The van der Waals surface area contributed by atoms with Crippen LogP contribution < -0.4 is 10.6 Å². The Hall–Kier alpha value is -2.35. The lowest BCUT2D eigenvalue weighted by Crippen LogP contribution is -2.12. The normalized spacial score (nSPS) is 11.9. The Morgan fingerprint density at radius 2 is 1.83 bits per heavy atom. The maximum atomic E-state index is 13.2. The molecule has 4 nitrogen and oxygen atoms in total. The van der Waals surface area contributed by atoms with Gasteiger partial charge >= 0.3 is 6.18 Å². The number of aryl methyl sites for hydroxylation is 1. The summed E-state index contributed by atoms with van der Waals surface area (Å²) in [6.45, 7) is 7.60. The van der Waals surface area contributed by atoms with Crippen LogP contribution in [0.25, 0.3) is 10.9 Å². The van der Waals surface area contributed by atoms with Gasteiger partial charge < -0.3 is 10.6 Å². The van der Waals surface area contributed by atoms with Crippen molar-refractivity contribution < 1.29 is 13.2 Å². The summed E-state index contributed by atoms with van der Waals surface area (Å²) in [4.78, 5) is 8.97. The smallest absolute Gasteiger partial charge is 0.382 e. The van der Waals surface area contributed by atoms with Crippen LogP contribution in [-0.4, -0.2) is 16.0 Å². The molecule has 0 amide bonds. The molecule has 3 rings (SSSR count). The number of rotatable bonds is 5. The third kappa shape index (κ3) is 4.80. The molecule has 0 saturated carbocycles. The summed E-state index contributed by atoms with van der Waals surface area (Å²) in [5.74, 6) is 1.17. The molecule has 3 aromatic rings. The van der Waals surface area contributed by atoms with Gasteiger partial charge in [0.2, 0.25) is 0 Å². The molecular formula is C21H22BrF3N4. The molecule has 29 heavy (non-hydrogen) atoms. The Labute approximate surface area is 176 Å². The van der Waals surface area contributed by atoms with Crippen LogP contribution in [0.3, 0.4) is 0 Å². The maximum Gasteiger partial charge on any atom is 0.416 e. The standard InChI is InChI=1S/C21H22BrF3N4/c1-11(2)27-19-9-18-15(8-17(19)22)20(29-13(4)28-18)26-10-14-6-5-7-16(12(14)3)21(23,24)25/h5-9,11,27H,10H2,1-4H3,(H,26,28,29). The number of alkyl halides is 3. The minimum absolute atomic E-state index is 0.215. The van der Waals surface area contributed by atoms with Crippen molar-refractivity contribution in [2.75, 3.05) is 10.6 Å². The molecule has 1 aromatic heterocycles. The van der Waals surface area contributed by atoms with Gasteiger partial charge in [0.15, 0.2) is 0 Å². The number of anilines is 2. The summed E-state index contributed by atoms with van der Waals surface area (Å²) in [7, 11) is 0. The number of hydrogen-bond donors (Lipinski definition) is 2. The molecule has 0 spiro atoms. The highest BCUT2D eigenvalue weighted by Gasteiger charge is 2.32. The number of aromatic nitrogens is 2. The molecule has 0 saturated heterocycles. The van der Waals surface area contributed by atoms with Gasteiger partial charge in [-0.3, -0.25) is 0 Å². The van der Waals surface area contributed by atoms with Crippen LogP contribution >= 0.6 is 15.9 Å². The van der Waals surface area contributed by atoms with Crippen LogP contribution in [-0.2, 0) is 12.7 Å². The van der Waals surface area contributed by atoms with Crippen molar-refractivity contribution in [1.29, 1.82) is 0 Å². The number of nitrogens with zero attached hydrogens (tertiary/aromatic N) is 2. The molecule has 154 valence electrons. The average Bonchev–Trinajstić information content (AvgIpc) is 2.60. The van der Waals surface area contributed by atoms with Crippen LogP contribution in [0.15, 0.2) is 34.8 Å². The van der Waals surface area contributed by atoms with E-state index in [1.807, 2.05) is 26.0 Å². The van der Waals surface area contributed by atoms with E-state index < -0.39 is 11.7 Å². The molecule has 2 aromatic carbocycles. The third-order valence-corrected chi connectivity index (χ3v) is 5.19. The zero-order valence-electron chi connectivity index (χ0n) is 16.6. The molecule has 0 aliphatic carbocycles. The molecular weight excluding hydrogens is 445 g/mol. The predicted molar refractivity (Wildman–Crippen MR) is 114 cm³/mol. The molecule has 0 unspecified atom stereocenters. The molecule has 0 radical (unpaired) electrons. The van der Waals surface area contributed by atoms with Gasteiger partial charge in [-0.2, -0.15) is 13.2 Å². The third-order valence-electron chi connectivity index (χ3n) is 4.54. The lowest BCUT2D eigenvalue weighted by atomic mass is 10.0. The van der Waals surface area contributed by atoms with E-state index in [2.05, 4.69) is 36.5 Å². The molecule has 0 aliphatic heterocycles. The topological polar surface area (TPSA) is 49.8 Å². The summed E-state index contributed by atoms with van der Waals surface area (Å²) in [5.41, 5.74) is 1.85. The van der Waals surface area contributed by atoms with E-state index in [-0.39, 0.29) is 18.2 Å². The Balaban J connectivity index is 1.96. The number of fused-ring (bicyclic) bond motifs is 1. The Kier molecular flexibility index (Phi) is 6.03. The lowest BCUT2D eigenvalue weighted by molar-refractivity contribution is -0.138. The minimum atomic E-state index is -4.37. The largest absolute Gasteiger partial charge is 0.416 e. The fourth-order valence-corrected chi connectivity index (χ4v) is 3.64. The van der Waals surface area contributed by atoms with Gasteiger partial charge in [-0.1, -0.05) is 12.1 Å². The van der Waals surface area contributed by atoms with Crippen LogP contribution in [0.1, 0.15) is 36.4 Å². The first-order chi connectivity index (χ1) is 13.6. The fraction of sp³-hybridized carbons (Fsp3) is 0.333. The molecule has 0 fully saturated rings. The van der Waals surface area contributed by atoms with Gasteiger partial charge in [-0.15, -0.1) is 0 Å². The number of halogens is 4. The van der Waals surface area contributed by atoms with Gasteiger partial charge in [0.25, 0.3) is 0 Å². The number of hydrogen-bond acceptors (Lipinski definition) is 4. The average molecular weight is 467 g/mol. The highest BCUT2D eigenvalue weighted by Crippen LogP contribution is 2.34. The van der Waals surface area contributed by atoms with E-state index in [0.29, 0.717) is 17.2 Å². The van der Waals surface area contributed by atoms with Crippen molar-refractivity contribution in [2.24, 2.45) is 0 Å². The predicted octanol–water partition coefficient (Wildman–Crippen LogP) is 6.46. The summed E-state index contributed by atoms with van der Waals surface area (Å²) < 4.78 is 40.4. The Morgan fingerprint density at radius 3 is 2.48 bits per heavy atom. The van der Waals surface area contributed by atoms with Gasteiger partial charge in [-0.25, -0.2) is 9.97 Å². The van der Waals surface area contributed by atoms with Crippen molar-refractivity contribution in [3.63, 3.8) is 0 Å². The van der Waals surface area contributed by atoms with Crippen molar-refractivity contribution in [1.82, 2.24) is 9.97 Å². The zero-order chi connectivity index (χ0) is 21.3. The summed E-state index contributed by atoms with van der Waals surface area (Å²) in [6, 6.07) is 8.33. The van der Waals surface area contributed by atoms with Crippen molar-refractivity contribution >= 4 is 38.3 Å². The lowest BCUT2D eigenvalue weighted by Gasteiger charge is -2.17. The molecule has 2 N–H and O–H groups in total. The quantitative estimate of drug-likeness (QED) is 0.452. The highest BCUT2D eigenvalue weighted by molar-refractivity contribution is 9.10. The van der Waals surface area contributed by atoms with E-state index in [4.69, 9.17) is 0 Å². The fourth-order valence-electron chi connectivity index (χ4n) is 3.18. The van der Waals surface area contributed by atoms with Gasteiger partial charge in [0, 0.05) is 22.4 Å². The van der Waals surface area contributed by atoms with E-state index >= 15 is 0 Å². The van der Waals surface area contributed by atoms with E-state index in [1.54, 1.807) is 13.0 Å². The van der Waals surface area contributed by atoms with Crippen molar-refractivity contribution in [3.8, 4) is 0 Å². The second kappa shape index (κ2) is 8.18. The van der Waals surface area contributed by atoms with Crippen molar-refractivity contribution in [2.45, 2.75) is 46.5 Å². The van der Waals surface area contributed by atoms with Crippen LogP contribution in [0.5, 0.6) is 0 Å². The van der Waals surface area contributed by atoms with E-state index in [1.165, 1.54) is 13.0 Å². The first kappa shape index (κ1) is 21.4. The summed E-state index contributed by atoms with van der Waals surface area (Å²) in [6.07, 6.45) is -4.37. The summed E-state index contributed by atoms with van der Waals surface area (Å²) >= 11 is 3.57. The number of benzene rings is 2. The Morgan fingerprint density at radius 1 is 1.10 bits per heavy atom. The van der Waals surface area contributed by atoms with Gasteiger partial charge in [0.05, 0.1) is 16.8 Å². The van der Waals surface area contributed by atoms with E-state index in [9.17, 15) is 13.2 Å². The van der Waals surface area contributed by atoms with Gasteiger partial charge in [0.1, 0.15) is 11.6 Å². The minimum Gasteiger partial charge on any atom is -0.382 e. The van der Waals surface area contributed by atoms with Gasteiger partial charge in [-0.05, 0) is 73.0 Å². The maximum absolute atomic E-state index is 13.2. The molecule has 1 heterocycles. The monoisotopic (exact) mass is 466 g/mol. The molecule has 8 heteroatoms.